The van der Waals surface area contributed by atoms with Crippen LogP contribution in [0.1, 0.15) is 0 Å². The number of hydrogen-bond donors (Lipinski definition) is 2. The smallest absolute Gasteiger partial charge is 0.204 e. The molecule has 0 spiro atoms. The third kappa shape index (κ3) is 2.94. The maximum atomic E-state index is 4.04. The van der Waals surface area contributed by atoms with E-state index < -0.39 is 0 Å². The zero-order valence-corrected chi connectivity index (χ0v) is 9.90. The minimum atomic E-state index is 0. The standard InChI is InChI=1S/C9H9N3.Y/c1-2-4-8(5-3-1)12-9-10-6-7-11-9;/h1-7H,(H2,10,11,12);. The number of benzene rings is 1. The first-order chi connectivity index (χ1) is 5.95. The van der Waals surface area contributed by atoms with Crippen molar-refractivity contribution in [2.75, 3.05) is 5.32 Å². The van der Waals surface area contributed by atoms with Gasteiger partial charge >= 0.3 is 0 Å². The minimum absolute atomic E-state index is 0. The van der Waals surface area contributed by atoms with E-state index >= 15 is 0 Å². The zero-order valence-electron chi connectivity index (χ0n) is 7.07. The largest absolute Gasteiger partial charge is 0.331 e. The van der Waals surface area contributed by atoms with Crippen LogP contribution in [0.4, 0.5) is 11.6 Å². The van der Waals surface area contributed by atoms with Gasteiger partial charge in [-0.2, -0.15) is 0 Å². The molecule has 3 nitrogen and oxygen atoms in total. The fourth-order valence-electron chi connectivity index (χ4n) is 0.992. The summed E-state index contributed by atoms with van der Waals surface area (Å²) >= 11 is 0. The molecule has 1 aromatic heterocycles. The Morgan fingerprint density at radius 1 is 1.15 bits per heavy atom. The molecule has 1 aromatic carbocycles. The third-order valence-corrected chi connectivity index (χ3v) is 1.53. The summed E-state index contributed by atoms with van der Waals surface area (Å²) in [6, 6.07) is 9.91. The van der Waals surface area contributed by atoms with Gasteiger partial charge in [0.1, 0.15) is 0 Å². The third-order valence-electron chi connectivity index (χ3n) is 1.53. The number of nitrogens with zero attached hydrogens (tertiary/aromatic N) is 1. The van der Waals surface area contributed by atoms with E-state index in [0.717, 1.165) is 11.6 Å². The zero-order chi connectivity index (χ0) is 8.23. The summed E-state index contributed by atoms with van der Waals surface area (Å²) in [5, 5.41) is 3.12. The van der Waals surface area contributed by atoms with Crippen molar-refractivity contribution in [2.45, 2.75) is 0 Å². The molecule has 0 aliphatic carbocycles. The van der Waals surface area contributed by atoms with Crippen molar-refractivity contribution < 1.29 is 32.7 Å². The molecule has 0 saturated carbocycles. The summed E-state index contributed by atoms with van der Waals surface area (Å²) < 4.78 is 0. The Bertz CT molecular complexity index is 331. The average molecular weight is 248 g/mol. The number of para-hydroxylation sites is 1. The van der Waals surface area contributed by atoms with Crippen LogP contribution in [0.3, 0.4) is 0 Å². The topological polar surface area (TPSA) is 40.7 Å². The van der Waals surface area contributed by atoms with Crippen molar-refractivity contribution in [3.05, 3.63) is 42.7 Å². The summed E-state index contributed by atoms with van der Waals surface area (Å²) in [6.45, 7) is 0. The molecule has 2 aromatic rings. The fourth-order valence-corrected chi connectivity index (χ4v) is 0.992. The monoisotopic (exact) mass is 248 g/mol. The molecule has 1 heterocycles. The van der Waals surface area contributed by atoms with E-state index in [9.17, 15) is 0 Å². The molecule has 0 aliphatic rings. The number of rotatable bonds is 2. The molecule has 4 heteroatoms. The Morgan fingerprint density at radius 2 is 1.92 bits per heavy atom. The molecule has 0 aliphatic heterocycles. The van der Waals surface area contributed by atoms with Crippen LogP contribution in [-0.4, -0.2) is 9.97 Å². The second-order valence-corrected chi connectivity index (χ2v) is 2.43. The number of aromatic amines is 1. The molecule has 1 radical (unpaired) electrons. The molecule has 13 heavy (non-hydrogen) atoms. The molecule has 2 N–H and O–H groups in total. The van der Waals surface area contributed by atoms with Crippen LogP contribution in [0.25, 0.3) is 0 Å². The molecule has 2 rings (SSSR count). The van der Waals surface area contributed by atoms with Gasteiger partial charge < -0.3 is 10.3 Å². The average Bonchev–Trinajstić information content (AvgIpc) is 2.59. The number of anilines is 2. The Kier molecular flexibility index (Phi) is 4.12. The Hall–Kier alpha value is -0.666. The van der Waals surface area contributed by atoms with Gasteiger partial charge in [-0.1, -0.05) is 18.2 Å². The fraction of sp³-hybridized carbons (Fsp3) is 0. The first-order valence-electron chi connectivity index (χ1n) is 3.76. The van der Waals surface area contributed by atoms with Crippen LogP contribution < -0.4 is 5.32 Å². The Labute approximate surface area is 102 Å². The van der Waals surface area contributed by atoms with Gasteiger partial charge in [-0.3, -0.25) is 0 Å². The van der Waals surface area contributed by atoms with E-state index in [2.05, 4.69) is 15.3 Å². The van der Waals surface area contributed by atoms with Gasteiger partial charge in [0, 0.05) is 50.8 Å². The van der Waals surface area contributed by atoms with E-state index in [4.69, 9.17) is 0 Å². The SMILES string of the molecule is [Y].c1ccc(Nc2ncc[nH]2)cc1. The van der Waals surface area contributed by atoms with Crippen molar-refractivity contribution in [3.63, 3.8) is 0 Å². The van der Waals surface area contributed by atoms with Crippen LogP contribution in [0.5, 0.6) is 0 Å². The molecule has 0 saturated heterocycles. The summed E-state index contributed by atoms with van der Waals surface area (Å²) in [6.07, 6.45) is 3.50. The molecular weight excluding hydrogens is 239 g/mol. The van der Waals surface area contributed by atoms with Crippen molar-refractivity contribution in [1.82, 2.24) is 9.97 Å². The molecule has 0 unspecified atom stereocenters. The van der Waals surface area contributed by atoms with Gasteiger partial charge in [0.25, 0.3) is 0 Å². The van der Waals surface area contributed by atoms with Crippen molar-refractivity contribution in [1.29, 1.82) is 0 Å². The van der Waals surface area contributed by atoms with E-state index in [1.807, 2.05) is 30.3 Å². The van der Waals surface area contributed by atoms with E-state index in [-0.39, 0.29) is 32.7 Å². The van der Waals surface area contributed by atoms with Crippen molar-refractivity contribution >= 4 is 11.6 Å². The van der Waals surface area contributed by atoms with E-state index in [1.54, 1.807) is 12.4 Å². The van der Waals surface area contributed by atoms with Gasteiger partial charge in [0.05, 0.1) is 0 Å². The van der Waals surface area contributed by atoms with E-state index in [0.29, 0.717) is 0 Å². The maximum Gasteiger partial charge on any atom is 0.204 e. The van der Waals surface area contributed by atoms with Crippen LogP contribution in [0, 0.1) is 0 Å². The number of aromatic nitrogens is 2. The molecule has 63 valence electrons. The van der Waals surface area contributed by atoms with Gasteiger partial charge in [-0.15, -0.1) is 0 Å². The minimum Gasteiger partial charge on any atom is -0.331 e. The number of hydrogen-bond acceptors (Lipinski definition) is 2. The van der Waals surface area contributed by atoms with Crippen molar-refractivity contribution in [3.8, 4) is 0 Å². The van der Waals surface area contributed by atoms with Crippen LogP contribution in [0.2, 0.25) is 0 Å². The van der Waals surface area contributed by atoms with Gasteiger partial charge in [0.15, 0.2) is 0 Å². The summed E-state index contributed by atoms with van der Waals surface area (Å²) in [5.74, 6) is 0.765. The molecule has 0 atom stereocenters. The summed E-state index contributed by atoms with van der Waals surface area (Å²) in [5.41, 5.74) is 1.03. The molecular formula is C9H9N3Y. The van der Waals surface area contributed by atoms with Crippen LogP contribution >= 0.6 is 0 Å². The van der Waals surface area contributed by atoms with Crippen LogP contribution in [-0.2, 0) is 32.7 Å². The van der Waals surface area contributed by atoms with Gasteiger partial charge in [-0.05, 0) is 12.1 Å². The predicted octanol–water partition coefficient (Wildman–Crippen LogP) is 2.15. The first kappa shape index (κ1) is 10.4. The summed E-state index contributed by atoms with van der Waals surface area (Å²) in [7, 11) is 0. The second kappa shape index (κ2) is 5.15. The van der Waals surface area contributed by atoms with Crippen LogP contribution in [0.15, 0.2) is 42.7 Å². The molecule has 0 amide bonds. The number of nitrogens with one attached hydrogen (secondary N) is 2. The first-order valence-corrected chi connectivity index (χ1v) is 3.76. The normalized spacial score (nSPS) is 8.92. The Morgan fingerprint density at radius 3 is 2.54 bits per heavy atom. The predicted molar refractivity (Wildman–Crippen MR) is 48.3 cm³/mol. The maximum absolute atomic E-state index is 4.04. The van der Waals surface area contributed by atoms with Gasteiger partial charge in [0.2, 0.25) is 5.95 Å². The second-order valence-electron chi connectivity index (χ2n) is 2.43. The van der Waals surface area contributed by atoms with E-state index in [1.165, 1.54) is 0 Å². The number of H-pyrrole nitrogens is 1. The Balaban J connectivity index is 0.000000845. The van der Waals surface area contributed by atoms with Gasteiger partial charge in [-0.25, -0.2) is 4.98 Å². The molecule has 0 fully saturated rings. The number of imidazole rings is 1. The molecule has 0 bridgehead atoms. The summed E-state index contributed by atoms with van der Waals surface area (Å²) in [4.78, 5) is 7.01. The quantitative estimate of drug-likeness (QED) is 0.854. The van der Waals surface area contributed by atoms with Crippen molar-refractivity contribution in [2.24, 2.45) is 0 Å².